The van der Waals surface area contributed by atoms with E-state index >= 15 is 0 Å². The highest BCUT2D eigenvalue weighted by Gasteiger charge is 2.51. The number of amidine groups is 1. The summed E-state index contributed by atoms with van der Waals surface area (Å²) < 4.78 is 19.0. The molecule has 162 valence electrons. The molecule has 4 rings (SSSR count). The lowest BCUT2D eigenvalue weighted by Gasteiger charge is -2.42. The van der Waals surface area contributed by atoms with Crippen LogP contribution in [0.4, 0.5) is 4.39 Å². The van der Waals surface area contributed by atoms with Crippen LogP contribution in [0, 0.1) is 5.82 Å². The number of carbonyl (C=O) groups is 1. The number of hydrogen-bond acceptors (Lipinski definition) is 6. The Kier molecular flexibility index (Phi) is 6.16. The fourth-order valence-electron chi connectivity index (χ4n) is 4.08. The van der Waals surface area contributed by atoms with Crippen LogP contribution in [0.1, 0.15) is 37.4 Å². The van der Waals surface area contributed by atoms with Gasteiger partial charge in [0.15, 0.2) is 5.17 Å². The minimum absolute atomic E-state index is 0.231. The van der Waals surface area contributed by atoms with Gasteiger partial charge >= 0.3 is 5.97 Å². The van der Waals surface area contributed by atoms with Gasteiger partial charge in [0, 0.05) is 12.2 Å². The van der Waals surface area contributed by atoms with Crippen molar-refractivity contribution in [1.29, 1.82) is 0 Å². The third kappa shape index (κ3) is 4.25. The first-order chi connectivity index (χ1) is 14.9. The number of nitrogens with zero attached hydrogens (tertiary/aromatic N) is 2. The molecule has 0 spiro atoms. The zero-order valence-corrected chi connectivity index (χ0v) is 18.4. The summed E-state index contributed by atoms with van der Waals surface area (Å²) >= 11 is 1.47. The maximum absolute atomic E-state index is 13.6. The number of aryl methyl sites for hydroxylation is 1. The second kappa shape index (κ2) is 8.85. The van der Waals surface area contributed by atoms with E-state index in [1.807, 2.05) is 35.2 Å². The number of ether oxygens (including phenoxy) is 1. The molecule has 7 heteroatoms. The van der Waals surface area contributed by atoms with Crippen molar-refractivity contribution in [3.63, 3.8) is 0 Å². The van der Waals surface area contributed by atoms with E-state index in [2.05, 4.69) is 4.99 Å². The maximum atomic E-state index is 13.6. The van der Waals surface area contributed by atoms with E-state index in [4.69, 9.17) is 4.74 Å². The molecule has 5 nitrogen and oxygen atoms in total. The van der Waals surface area contributed by atoms with Crippen molar-refractivity contribution >= 4 is 22.9 Å². The van der Waals surface area contributed by atoms with Crippen LogP contribution in [0.2, 0.25) is 0 Å². The predicted molar refractivity (Wildman–Crippen MR) is 120 cm³/mol. The van der Waals surface area contributed by atoms with Gasteiger partial charge in [-0.05, 0) is 43.5 Å². The Hall–Kier alpha value is -2.64. The summed E-state index contributed by atoms with van der Waals surface area (Å²) in [4.78, 5) is 19.3. The molecule has 2 aliphatic heterocycles. The van der Waals surface area contributed by atoms with Gasteiger partial charge in [-0.1, -0.05) is 54.2 Å². The van der Waals surface area contributed by atoms with Crippen LogP contribution in [0.5, 0.6) is 0 Å². The standard InChI is InChI=1S/C24H25FN2O3S/c1-3-30-22(28)20-16(2)26-23-27(21(20)18-9-11-19(25)12-10-18)24(29,15-31-23)14-13-17-7-5-4-6-8-17/h4-12,21,29H,3,13-15H2,1-2H3. The van der Waals surface area contributed by atoms with E-state index in [-0.39, 0.29) is 12.4 Å². The van der Waals surface area contributed by atoms with Gasteiger partial charge in [0.25, 0.3) is 0 Å². The van der Waals surface area contributed by atoms with Crippen molar-refractivity contribution in [2.75, 3.05) is 12.4 Å². The summed E-state index contributed by atoms with van der Waals surface area (Å²) in [5.74, 6) is -0.402. The number of allylic oxidation sites excluding steroid dienone is 1. The summed E-state index contributed by atoms with van der Waals surface area (Å²) in [7, 11) is 0. The average molecular weight is 441 g/mol. The Morgan fingerprint density at radius 2 is 1.97 bits per heavy atom. The van der Waals surface area contributed by atoms with Gasteiger partial charge in [0.1, 0.15) is 11.5 Å². The minimum Gasteiger partial charge on any atom is -0.463 e. The summed E-state index contributed by atoms with van der Waals surface area (Å²) in [6.07, 6.45) is 1.14. The second-order valence-corrected chi connectivity index (χ2v) is 8.64. The number of aliphatic hydroxyl groups is 1. The molecule has 0 aliphatic carbocycles. The molecule has 0 saturated carbocycles. The average Bonchev–Trinajstić information content (AvgIpc) is 3.09. The zero-order chi connectivity index (χ0) is 22.0. The molecule has 0 bridgehead atoms. The summed E-state index contributed by atoms with van der Waals surface area (Å²) in [6.45, 7) is 3.75. The van der Waals surface area contributed by atoms with Crippen LogP contribution in [0.15, 0.2) is 70.9 Å². The van der Waals surface area contributed by atoms with Crippen molar-refractivity contribution in [2.45, 2.75) is 38.5 Å². The van der Waals surface area contributed by atoms with Gasteiger partial charge in [-0.2, -0.15) is 0 Å². The molecule has 2 atom stereocenters. The molecule has 1 fully saturated rings. The van der Waals surface area contributed by atoms with Crippen molar-refractivity contribution in [3.05, 3.63) is 82.8 Å². The van der Waals surface area contributed by atoms with Crippen molar-refractivity contribution < 1.29 is 19.0 Å². The van der Waals surface area contributed by atoms with E-state index in [1.165, 1.54) is 23.9 Å². The number of fused-ring (bicyclic) bond motifs is 1. The van der Waals surface area contributed by atoms with E-state index < -0.39 is 17.7 Å². The Morgan fingerprint density at radius 3 is 2.65 bits per heavy atom. The second-order valence-electron chi connectivity index (χ2n) is 7.69. The minimum atomic E-state index is -1.21. The van der Waals surface area contributed by atoms with Gasteiger partial charge in [0.05, 0.1) is 23.9 Å². The SMILES string of the molecule is CCOC(=O)C1=C(C)N=C2SCC(O)(CCc3ccccc3)N2C1c1ccc(F)cc1. The normalized spacial score (nSPS) is 22.9. The number of aliphatic imine (C=N–C) groups is 1. The van der Waals surface area contributed by atoms with E-state index in [9.17, 15) is 14.3 Å². The first kappa shape index (κ1) is 21.6. The third-order valence-electron chi connectivity index (χ3n) is 5.61. The molecule has 2 unspecified atom stereocenters. The van der Waals surface area contributed by atoms with Gasteiger partial charge in [-0.25, -0.2) is 14.2 Å². The van der Waals surface area contributed by atoms with Crippen LogP contribution < -0.4 is 0 Å². The van der Waals surface area contributed by atoms with Crippen LogP contribution in [0.3, 0.4) is 0 Å². The van der Waals surface area contributed by atoms with Crippen LogP contribution >= 0.6 is 11.8 Å². The number of hydrogen-bond donors (Lipinski definition) is 1. The Morgan fingerprint density at radius 1 is 1.26 bits per heavy atom. The lowest BCUT2D eigenvalue weighted by molar-refractivity contribution is -0.140. The number of rotatable bonds is 6. The molecular formula is C24H25FN2O3S. The van der Waals surface area contributed by atoms with E-state index in [1.54, 1.807) is 26.0 Å². The number of halogens is 1. The molecule has 2 aromatic carbocycles. The molecule has 0 radical (unpaired) electrons. The highest BCUT2D eigenvalue weighted by molar-refractivity contribution is 8.14. The third-order valence-corrected chi connectivity index (χ3v) is 6.76. The fourth-order valence-corrected chi connectivity index (χ4v) is 5.34. The van der Waals surface area contributed by atoms with Gasteiger partial charge < -0.3 is 14.7 Å². The molecule has 2 heterocycles. The van der Waals surface area contributed by atoms with Crippen molar-refractivity contribution in [1.82, 2.24) is 4.90 Å². The lowest BCUT2D eigenvalue weighted by Crippen LogP contribution is -2.52. The molecule has 1 saturated heterocycles. The fraction of sp³-hybridized carbons (Fsp3) is 0.333. The van der Waals surface area contributed by atoms with Crippen LogP contribution in [-0.4, -0.2) is 39.2 Å². The molecule has 0 amide bonds. The lowest BCUT2D eigenvalue weighted by atomic mass is 9.91. The molecule has 1 N–H and O–H groups in total. The number of thioether (sulfide) groups is 1. The Bertz CT molecular complexity index is 1020. The van der Waals surface area contributed by atoms with E-state index in [0.29, 0.717) is 40.6 Å². The van der Waals surface area contributed by atoms with Gasteiger partial charge in [-0.3, -0.25) is 0 Å². The topological polar surface area (TPSA) is 62.1 Å². The number of benzene rings is 2. The maximum Gasteiger partial charge on any atom is 0.338 e. The summed E-state index contributed by atoms with van der Waals surface area (Å²) in [6, 6.07) is 15.4. The molecular weight excluding hydrogens is 415 g/mol. The zero-order valence-electron chi connectivity index (χ0n) is 17.5. The first-order valence-corrected chi connectivity index (χ1v) is 11.3. The smallest absolute Gasteiger partial charge is 0.338 e. The quantitative estimate of drug-likeness (QED) is 0.673. The van der Waals surface area contributed by atoms with Crippen molar-refractivity contribution in [3.8, 4) is 0 Å². The highest BCUT2D eigenvalue weighted by Crippen LogP contribution is 2.47. The molecule has 0 aromatic heterocycles. The number of esters is 1. The molecule has 2 aromatic rings. The van der Waals surface area contributed by atoms with Gasteiger partial charge in [-0.15, -0.1) is 0 Å². The Balaban J connectivity index is 1.74. The molecule has 2 aliphatic rings. The first-order valence-electron chi connectivity index (χ1n) is 10.3. The van der Waals surface area contributed by atoms with E-state index in [0.717, 1.165) is 5.56 Å². The molecule has 31 heavy (non-hydrogen) atoms. The van der Waals surface area contributed by atoms with Crippen LogP contribution in [0.25, 0.3) is 0 Å². The summed E-state index contributed by atoms with van der Waals surface area (Å²) in [5, 5.41) is 12.4. The predicted octanol–water partition coefficient (Wildman–Crippen LogP) is 4.44. The van der Waals surface area contributed by atoms with Crippen molar-refractivity contribution in [2.24, 2.45) is 4.99 Å². The van der Waals surface area contributed by atoms with Gasteiger partial charge in [0.2, 0.25) is 0 Å². The Labute approximate surface area is 185 Å². The summed E-state index contributed by atoms with van der Waals surface area (Å²) in [5.41, 5.74) is 1.55. The largest absolute Gasteiger partial charge is 0.463 e. The number of carbonyl (C=O) groups excluding carboxylic acids is 1. The highest BCUT2D eigenvalue weighted by atomic mass is 32.2. The van der Waals surface area contributed by atoms with Crippen LogP contribution in [-0.2, 0) is 16.0 Å². The monoisotopic (exact) mass is 440 g/mol.